The van der Waals surface area contributed by atoms with Crippen molar-refractivity contribution in [2.75, 3.05) is 5.32 Å². The SMILES string of the molecule is Cn1c(=O)oc2cc(NC(=O)CCc3cc(F)ccc3F)ccc21. The zero-order valence-corrected chi connectivity index (χ0v) is 12.8. The van der Waals surface area contributed by atoms with Gasteiger partial charge >= 0.3 is 5.76 Å². The van der Waals surface area contributed by atoms with Crippen LogP contribution in [0.2, 0.25) is 0 Å². The molecule has 0 radical (unpaired) electrons. The van der Waals surface area contributed by atoms with E-state index in [9.17, 15) is 18.4 Å². The van der Waals surface area contributed by atoms with E-state index in [2.05, 4.69) is 5.32 Å². The van der Waals surface area contributed by atoms with Crippen LogP contribution in [0.3, 0.4) is 0 Å². The Bertz CT molecular complexity index is 976. The van der Waals surface area contributed by atoms with Crippen molar-refractivity contribution in [3.63, 3.8) is 0 Å². The van der Waals surface area contributed by atoms with Crippen molar-refractivity contribution in [2.24, 2.45) is 7.05 Å². The lowest BCUT2D eigenvalue weighted by molar-refractivity contribution is -0.116. The molecule has 0 unspecified atom stereocenters. The van der Waals surface area contributed by atoms with Gasteiger partial charge in [0.25, 0.3) is 0 Å². The molecule has 5 nitrogen and oxygen atoms in total. The second-order valence-electron chi connectivity index (χ2n) is 5.39. The number of aryl methyl sites for hydroxylation is 2. The average molecular weight is 332 g/mol. The van der Waals surface area contributed by atoms with Gasteiger partial charge in [0.05, 0.1) is 5.52 Å². The summed E-state index contributed by atoms with van der Waals surface area (Å²) in [6.07, 6.45) is 0.0786. The van der Waals surface area contributed by atoms with Crippen molar-refractivity contribution < 1.29 is 18.0 Å². The Morgan fingerprint density at radius 1 is 1.21 bits per heavy atom. The first-order chi connectivity index (χ1) is 11.4. The van der Waals surface area contributed by atoms with Crippen LogP contribution < -0.4 is 11.1 Å². The number of aromatic nitrogens is 1. The second kappa shape index (κ2) is 6.27. The average Bonchev–Trinajstić information content (AvgIpc) is 2.82. The maximum absolute atomic E-state index is 13.5. The number of hydrogen-bond acceptors (Lipinski definition) is 3. The highest BCUT2D eigenvalue weighted by atomic mass is 19.1. The van der Waals surface area contributed by atoms with Crippen LogP contribution in [0.5, 0.6) is 0 Å². The molecule has 7 heteroatoms. The number of carbonyl (C=O) groups excluding carboxylic acids is 1. The molecule has 3 rings (SSSR count). The molecule has 0 saturated heterocycles. The van der Waals surface area contributed by atoms with Crippen molar-refractivity contribution in [2.45, 2.75) is 12.8 Å². The van der Waals surface area contributed by atoms with Crippen LogP contribution in [0, 0.1) is 11.6 Å². The van der Waals surface area contributed by atoms with Gasteiger partial charge in [-0.1, -0.05) is 0 Å². The van der Waals surface area contributed by atoms with Crippen LogP contribution in [-0.2, 0) is 18.3 Å². The van der Waals surface area contributed by atoms with E-state index in [1.807, 2.05) is 0 Å². The minimum Gasteiger partial charge on any atom is -0.408 e. The molecule has 0 saturated carbocycles. The predicted molar refractivity (Wildman–Crippen MR) is 84.8 cm³/mol. The summed E-state index contributed by atoms with van der Waals surface area (Å²) < 4.78 is 33.0. The number of oxazole rings is 1. The number of amides is 1. The van der Waals surface area contributed by atoms with Crippen LogP contribution in [-0.4, -0.2) is 10.5 Å². The quantitative estimate of drug-likeness (QED) is 0.799. The van der Waals surface area contributed by atoms with Gasteiger partial charge in [0, 0.05) is 25.2 Å². The van der Waals surface area contributed by atoms with Gasteiger partial charge in [-0.25, -0.2) is 13.6 Å². The van der Waals surface area contributed by atoms with E-state index < -0.39 is 17.4 Å². The first-order valence-corrected chi connectivity index (χ1v) is 7.27. The molecule has 0 bridgehead atoms. The summed E-state index contributed by atoms with van der Waals surface area (Å²) in [5.41, 5.74) is 1.58. The first kappa shape index (κ1) is 15.9. The minimum atomic E-state index is -0.545. The summed E-state index contributed by atoms with van der Waals surface area (Å²) in [4.78, 5) is 23.4. The summed E-state index contributed by atoms with van der Waals surface area (Å²) in [7, 11) is 1.58. The third-order valence-corrected chi connectivity index (χ3v) is 3.71. The van der Waals surface area contributed by atoms with Gasteiger partial charge in [-0.15, -0.1) is 0 Å². The lowest BCUT2D eigenvalue weighted by Crippen LogP contribution is -2.12. The molecule has 24 heavy (non-hydrogen) atoms. The molecule has 0 fully saturated rings. The van der Waals surface area contributed by atoms with Crippen molar-refractivity contribution >= 4 is 22.7 Å². The summed E-state index contributed by atoms with van der Waals surface area (Å²) in [6, 6.07) is 7.97. The normalized spacial score (nSPS) is 11.0. The van der Waals surface area contributed by atoms with E-state index in [0.29, 0.717) is 16.8 Å². The number of hydrogen-bond donors (Lipinski definition) is 1. The number of anilines is 1. The molecule has 0 atom stereocenters. The van der Waals surface area contributed by atoms with Gasteiger partial charge in [0.2, 0.25) is 5.91 Å². The van der Waals surface area contributed by atoms with Crippen LogP contribution in [0.4, 0.5) is 14.5 Å². The third-order valence-electron chi connectivity index (χ3n) is 3.71. The zero-order chi connectivity index (χ0) is 17.3. The fourth-order valence-electron chi connectivity index (χ4n) is 2.42. The van der Waals surface area contributed by atoms with Crippen LogP contribution in [0.1, 0.15) is 12.0 Å². The van der Waals surface area contributed by atoms with Crippen LogP contribution in [0.15, 0.2) is 45.6 Å². The van der Waals surface area contributed by atoms with E-state index in [1.54, 1.807) is 19.2 Å². The number of rotatable bonds is 4. The lowest BCUT2D eigenvalue weighted by atomic mass is 10.1. The molecule has 1 heterocycles. The molecule has 1 amide bonds. The Kier molecular flexibility index (Phi) is 4.16. The van der Waals surface area contributed by atoms with Gasteiger partial charge in [-0.05, 0) is 42.3 Å². The molecular weight excluding hydrogens is 318 g/mol. The van der Waals surface area contributed by atoms with Crippen molar-refractivity contribution in [3.05, 3.63) is 64.1 Å². The molecule has 0 aliphatic rings. The molecule has 2 aromatic carbocycles. The van der Waals surface area contributed by atoms with E-state index in [0.717, 1.165) is 18.2 Å². The van der Waals surface area contributed by atoms with Gasteiger partial charge in [-0.2, -0.15) is 0 Å². The zero-order valence-electron chi connectivity index (χ0n) is 12.8. The highest BCUT2D eigenvalue weighted by Gasteiger charge is 2.10. The topological polar surface area (TPSA) is 64.2 Å². The van der Waals surface area contributed by atoms with Gasteiger partial charge < -0.3 is 9.73 Å². The highest BCUT2D eigenvalue weighted by Crippen LogP contribution is 2.18. The number of carbonyl (C=O) groups is 1. The van der Waals surface area contributed by atoms with E-state index in [4.69, 9.17) is 4.42 Å². The molecule has 3 aromatic rings. The van der Waals surface area contributed by atoms with Crippen molar-refractivity contribution in [3.8, 4) is 0 Å². The monoisotopic (exact) mass is 332 g/mol. The summed E-state index contributed by atoms with van der Waals surface area (Å²) in [5.74, 6) is -1.93. The van der Waals surface area contributed by atoms with Crippen molar-refractivity contribution in [1.82, 2.24) is 4.57 Å². The summed E-state index contributed by atoms with van der Waals surface area (Å²) >= 11 is 0. The van der Waals surface area contributed by atoms with E-state index in [-0.39, 0.29) is 24.3 Å². The van der Waals surface area contributed by atoms with Crippen molar-refractivity contribution in [1.29, 1.82) is 0 Å². The largest absolute Gasteiger partial charge is 0.419 e. The maximum Gasteiger partial charge on any atom is 0.419 e. The third kappa shape index (κ3) is 3.19. The Balaban J connectivity index is 1.68. The molecule has 0 aliphatic heterocycles. The Labute approximate surface area is 135 Å². The summed E-state index contributed by atoms with van der Waals surface area (Å²) in [5, 5.41) is 2.64. The van der Waals surface area contributed by atoms with Gasteiger partial charge in [-0.3, -0.25) is 9.36 Å². The fraction of sp³-hybridized carbons (Fsp3) is 0.176. The molecule has 1 N–H and O–H groups in total. The van der Waals surface area contributed by atoms with Crippen LogP contribution in [0.25, 0.3) is 11.1 Å². The highest BCUT2D eigenvalue weighted by molar-refractivity contribution is 5.92. The second-order valence-corrected chi connectivity index (χ2v) is 5.39. The number of nitrogens with zero attached hydrogens (tertiary/aromatic N) is 1. The molecule has 0 aliphatic carbocycles. The molecule has 1 aromatic heterocycles. The predicted octanol–water partition coefficient (Wildman–Crippen LogP) is 2.98. The van der Waals surface area contributed by atoms with Gasteiger partial charge in [0.15, 0.2) is 5.58 Å². The van der Waals surface area contributed by atoms with E-state index >= 15 is 0 Å². The number of benzene rings is 2. The Morgan fingerprint density at radius 2 is 2.00 bits per heavy atom. The minimum absolute atomic E-state index is 0.00283. The maximum atomic E-state index is 13.5. The lowest BCUT2D eigenvalue weighted by Gasteiger charge is -2.06. The Hall–Kier alpha value is -2.96. The molecule has 0 spiro atoms. The first-order valence-electron chi connectivity index (χ1n) is 7.27. The fourth-order valence-corrected chi connectivity index (χ4v) is 2.42. The number of halogens is 2. The van der Waals surface area contributed by atoms with Crippen LogP contribution >= 0.6 is 0 Å². The van der Waals surface area contributed by atoms with Gasteiger partial charge in [0.1, 0.15) is 11.6 Å². The number of fused-ring (bicyclic) bond motifs is 1. The summed E-state index contributed by atoms with van der Waals surface area (Å²) in [6.45, 7) is 0. The van der Waals surface area contributed by atoms with E-state index in [1.165, 1.54) is 10.6 Å². The standard InChI is InChI=1S/C17H14F2N2O3/c1-21-14-6-4-12(9-15(14)24-17(21)23)20-16(22)7-2-10-8-11(18)3-5-13(10)19/h3-6,8-9H,2,7H2,1H3,(H,20,22). The molecule has 124 valence electrons. The number of nitrogens with one attached hydrogen (secondary N) is 1. The Morgan fingerprint density at radius 3 is 2.79 bits per heavy atom. The smallest absolute Gasteiger partial charge is 0.408 e. The molecular formula is C17H14F2N2O3.